The lowest BCUT2D eigenvalue weighted by Crippen LogP contribution is -2.13. The highest BCUT2D eigenvalue weighted by atomic mass is 79.9. The van der Waals surface area contributed by atoms with Crippen molar-refractivity contribution in [2.75, 3.05) is 19.5 Å². The Kier molecular flexibility index (Phi) is 6.49. The molecule has 1 heterocycles. The molecule has 0 radical (unpaired) electrons. The van der Waals surface area contributed by atoms with E-state index >= 15 is 0 Å². The molecule has 7 heteroatoms. The Bertz CT molecular complexity index is 981. The molecule has 1 amide bonds. The van der Waals surface area contributed by atoms with Gasteiger partial charge in [-0.3, -0.25) is 4.79 Å². The van der Waals surface area contributed by atoms with Crippen molar-refractivity contribution in [3.8, 4) is 11.5 Å². The second-order valence-corrected chi connectivity index (χ2v) is 6.85. The van der Waals surface area contributed by atoms with Gasteiger partial charge in [-0.1, -0.05) is 34.1 Å². The van der Waals surface area contributed by atoms with E-state index in [4.69, 9.17) is 9.47 Å². The van der Waals surface area contributed by atoms with E-state index in [0.29, 0.717) is 23.9 Å². The fraction of sp³-hybridized carbons (Fsp3) is 0.143. The summed E-state index contributed by atoms with van der Waals surface area (Å²) in [6.07, 6.45) is 4.84. The third-order valence-electron chi connectivity index (χ3n) is 4.05. The summed E-state index contributed by atoms with van der Waals surface area (Å²) < 4.78 is 13.2. The Morgan fingerprint density at radius 3 is 2.57 bits per heavy atom. The highest BCUT2D eigenvalue weighted by Gasteiger charge is 2.07. The number of hydrogen-bond acceptors (Lipinski definition) is 4. The maximum Gasteiger partial charge on any atom is 0.249 e. The molecule has 0 atom stereocenters. The maximum atomic E-state index is 12.3. The highest BCUT2D eigenvalue weighted by Crippen LogP contribution is 2.28. The van der Waals surface area contributed by atoms with Gasteiger partial charge in [0.25, 0.3) is 0 Å². The Hall–Kier alpha value is -3.06. The van der Waals surface area contributed by atoms with Gasteiger partial charge in [-0.2, -0.15) is 5.10 Å². The molecule has 3 rings (SSSR count). The largest absolute Gasteiger partial charge is 0.493 e. The minimum absolute atomic E-state index is 0.243. The molecule has 1 N–H and O–H groups in total. The van der Waals surface area contributed by atoms with Gasteiger partial charge < -0.3 is 14.8 Å². The molecule has 6 nitrogen and oxygen atoms in total. The molecule has 0 bridgehead atoms. The van der Waals surface area contributed by atoms with Crippen LogP contribution in [0.3, 0.4) is 0 Å². The molecule has 28 heavy (non-hydrogen) atoms. The molecule has 0 fully saturated rings. The molecule has 0 aliphatic rings. The topological polar surface area (TPSA) is 65.4 Å². The Balaban J connectivity index is 1.66. The van der Waals surface area contributed by atoms with Gasteiger partial charge >= 0.3 is 0 Å². The third-order valence-corrected chi connectivity index (χ3v) is 4.58. The highest BCUT2D eigenvalue weighted by molar-refractivity contribution is 9.10. The lowest BCUT2D eigenvalue weighted by Gasteiger charge is -2.08. The van der Waals surface area contributed by atoms with E-state index in [1.165, 1.54) is 6.08 Å². The second-order valence-electron chi connectivity index (χ2n) is 5.94. The number of methoxy groups -OCH3 is 2. The molecule has 0 saturated heterocycles. The van der Waals surface area contributed by atoms with Crippen molar-refractivity contribution in [3.05, 3.63) is 76.4 Å². The average Bonchev–Trinajstić information content (AvgIpc) is 3.14. The van der Waals surface area contributed by atoms with Crippen LogP contribution in [0.1, 0.15) is 11.1 Å². The van der Waals surface area contributed by atoms with Crippen molar-refractivity contribution in [1.29, 1.82) is 0 Å². The molecular formula is C21H20BrN3O3. The van der Waals surface area contributed by atoms with Gasteiger partial charge in [0.2, 0.25) is 5.91 Å². The smallest absolute Gasteiger partial charge is 0.249 e. The quantitative estimate of drug-likeness (QED) is 0.553. The number of rotatable bonds is 7. The molecule has 0 saturated carbocycles. The van der Waals surface area contributed by atoms with Gasteiger partial charge in [0, 0.05) is 16.6 Å². The van der Waals surface area contributed by atoms with Crippen LogP contribution < -0.4 is 14.8 Å². The number of amides is 1. The molecule has 0 aliphatic carbocycles. The first-order chi connectivity index (χ1) is 13.6. The van der Waals surface area contributed by atoms with Gasteiger partial charge in [-0.15, -0.1) is 0 Å². The molecule has 0 unspecified atom stereocenters. The number of nitrogens with one attached hydrogen (secondary N) is 1. The van der Waals surface area contributed by atoms with E-state index in [9.17, 15) is 4.79 Å². The van der Waals surface area contributed by atoms with E-state index in [1.807, 2.05) is 30.3 Å². The first-order valence-corrected chi connectivity index (χ1v) is 9.35. The fourth-order valence-electron chi connectivity index (χ4n) is 2.62. The van der Waals surface area contributed by atoms with Crippen LogP contribution in [0.2, 0.25) is 0 Å². The zero-order valence-electron chi connectivity index (χ0n) is 15.6. The predicted molar refractivity (Wildman–Crippen MR) is 113 cm³/mol. The fourth-order valence-corrected chi connectivity index (χ4v) is 2.89. The van der Waals surface area contributed by atoms with Crippen LogP contribution in [0.25, 0.3) is 6.08 Å². The van der Waals surface area contributed by atoms with Crippen LogP contribution in [-0.4, -0.2) is 29.9 Å². The molecule has 2 aromatic carbocycles. The van der Waals surface area contributed by atoms with Crippen LogP contribution >= 0.6 is 15.9 Å². The van der Waals surface area contributed by atoms with E-state index in [0.717, 1.165) is 15.6 Å². The summed E-state index contributed by atoms with van der Waals surface area (Å²) >= 11 is 3.42. The Labute approximate surface area is 171 Å². The van der Waals surface area contributed by atoms with Crippen LogP contribution in [0, 0.1) is 0 Å². The van der Waals surface area contributed by atoms with Crippen molar-refractivity contribution in [2.45, 2.75) is 6.54 Å². The average molecular weight is 442 g/mol. The van der Waals surface area contributed by atoms with Gasteiger partial charge in [0.1, 0.15) is 5.82 Å². The summed E-state index contributed by atoms with van der Waals surface area (Å²) in [5.41, 5.74) is 1.92. The summed E-state index contributed by atoms with van der Waals surface area (Å²) in [6.45, 7) is 0.565. The van der Waals surface area contributed by atoms with Gasteiger partial charge in [-0.25, -0.2) is 4.68 Å². The van der Waals surface area contributed by atoms with Gasteiger partial charge in [-0.05, 0) is 41.5 Å². The van der Waals surface area contributed by atoms with Crippen LogP contribution in [0.15, 0.2) is 65.3 Å². The Morgan fingerprint density at radius 1 is 1.11 bits per heavy atom. The van der Waals surface area contributed by atoms with E-state index in [2.05, 4.69) is 26.3 Å². The summed E-state index contributed by atoms with van der Waals surface area (Å²) in [5, 5.41) is 7.14. The zero-order valence-corrected chi connectivity index (χ0v) is 17.1. The third kappa shape index (κ3) is 5.01. The monoisotopic (exact) mass is 441 g/mol. The summed E-state index contributed by atoms with van der Waals surface area (Å²) in [6, 6.07) is 15.2. The normalized spacial score (nSPS) is 10.8. The number of benzene rings is 2. The lowest BCUT2D eigenvalue weighted by atomic mass is 10.2. The lowest BCUT2D eigenvalue weighted by molar-refractivity contribution is -0.111. The SMILES string of the molecule is COc1ccc(/C=C/C(=O)Nc2ccnn2Cc2ccc(Br)cc2)cc1OC. The van der Waals surface area contributed by atoms with Crippen LogP contribution in [0.5, 0.6) is 11.5 Å². The number of ether oxygens (including phenoxy) is 2. The van der Waals surface area contributed by atoms with Crippen molar-refractivity contribution in [1.82, 2.24) is 9.78 Å². The molecule has 144 valence electrons. The summed E-state index contributed by atoms with van der Waals surface area (Å²) in [4.78, 5) is 12.3. The summed E-state index contributed by atoms with van der Waals surface area (Å²) in [5.74, 6) is 1.63. The maximum absolute atomic E-state index is 12.3. The zero-order chi connectivity index (χ0) is 19.9. The number of hydrogen-bond donors (Lipinski definition) is 1. The number of aromatic nitrogens is 2. The van der Waals surface area contributed by atoms with Crippen LogP contribution in [-0.2, 0) is 11.3 Å². The minimum atomic E-state index is -0.243. The second kappa shape index (κ2) is 9.23. The van der Waals surface area contributed by atoms with Crippen molar-refractivity contribution < 1.29 is 14.3 Å². The summed E-state index contributed by atoms with van der Waals surface area (Å²) in [7, 11) is 3.16. The van der Waals surface area contributed by atoms with Crippen molar-refractivity contribution >= 4 is 33.7 Å². The van der Waals surface area contributed by atoms with E-state index < -0.39 is 0 Å². The first kappa shape index (κ1) is 19.7. The molecular weight excluding hydrogens is 422 g/mol. The number of nitrogens with zero attached hydrogens (tertiary/aromatic N) is 2. The number of anilines is 1. The standard InChI is InChI=1S/C21H20BrN3O3/c1-27-18-9-5-15(13-19(18)28-2)6-10-21(26)24-20-11-12-23-25(20)14-16-3-7-17(22)8-4-16/h3-13H,14H2,1-2H3,(H,24,26)/b10-6+. The first-order valence-electron chi connectivity index (χ1n) is 8.56. The van der Waals surface area contributed by atoms with Gasteiger partial charge in [0.15, 0.2) is 11.5 Å². The van der Waals surface area contributed by atoms with Crippen LogP contribution in [0.4, 0.5) is 5.82 Å². The molecule has 1 aromatic heterocycles. The Morgan fingerprint density at radius 2 is 1.86 bits per heavy atom. The van der Waals surface area contributed by atoms with E-state index in [-0.39, 0.29) is 5.91 Å². The van der Waals surface area contributed by atoms with Crippen molar-refractivity contribution in [3.63, 3.8) is 0 Å². The minimum Gasteiger partial charge on any atom is -0.493 e. The van der Waals surface area contributed by atoms with Crippen molar-refractivity contribution in [2.24, 2.45) is 0 Å². The predicted octanol–water partition coefficient (Wildman–Crippen LogP) is 4.36. The number of carbonyl (C=O) groups is 1. The number of carbonyl (C=O) groups excluding carboxylic acids is 1. The number of halogens is 1. The van der Waals surface area contributed by atoms with Gasteiger partial charge in [0.05, 0.1) is 27.0 Å². The molecule has 0 aliphatic heterocycles. The molecule has 0 spiro atoms. The van der Waals surface area contributed by atoms with E-state index in [1.54, 1.807) is 49.4 Å². The molecule has 3 aromatic rings.